The smallest absolute Gasteiger partial charge is 0.411 e. The Kier molecular flexibility index (Phi) is 15.2. The molecule has 2 aliphatic rings. The Morgan fingerprint density at radius 3 is 1.55 bits per heavy atom. The van der Waals surface area contributed by atoms with Crippen molar-refractivity contribution in [3.05, 3.63) is 48.5 Å². The van der Waals surface area contributed by atoms with Crippen LogP contribution >= 0.6 is 0 Å². The Labute approximate surface area is 340 Å². The molecule has 2 atom stereocenters. The summed E-state index contributed by atoms with van der Waals surface area (Å²) in [5, 5.41) is 12.3. The van der Waals surface area contributed by atoms with Crippen molar-refractivity contribution in [3.8, 4) is 0 Å². The Bertz CT molecular complexity index is 1760. The van der Waals surface area contributed by atoms with Gasteiger partial charge in [0.25, 0.3) is 0 Å². The number of amides is 5. The summed E-state index contributed by atoms with van der Waals surface area (Å²) in [4.78, 5) is 83.9. The molecule has 0 radical (unpaired) electrons. The van der Waals surface area contributed by atoms with Gasteiger partial charge in [-0.25, -0.2) is 29.0 Å². The minimum absolute atomic E-state index is 0.00524. The van der Waals surface area contributed by atoms with Crippen LogP contribution in [0.4, 0.5) is 24.9 Å². The van der Waals surface area contributed by atoms with Crippen molar-refractivity contribution in [1.82, 2.24) is 29.2 Å². The topological polar surface area (TPSA) is 202 Å². The minimum Gasteiger partial charge on any atom is -0.480 e. The second kappa shape index (κ2) is 18.8. The van der Waals surface area contributed by atoms with Gasteiger partial charge in [0, 0.05) is 50.8 Å². The largest absolute Gasteiger partial charge is 0.480 e. The van der Waals surface area contributed by atoms with E-state index in [1.807, 2.05) is 29.0 Å². The second-order valence-electron chi connectivity index (χ2n) is 18.0. The molecular formula is C40H61N7O11. The first kappa shape index (κ1) is 46.8. The molecule has 0 unspecified atom stereocenters. The molecule has 0 bridgehead atoms. The van der Waals surface area contributed by atoms with Crippen LogP contribution in [0, 0.1) is 0 Å². The van der Waals surface area contributed by atoms with E-state index < -0.39 is 70.7 Å². The molecule has 58 heavy (non-hydrogen) atoms. The van der Waals surface area contributed by atoms with Gasteiger partial charge in [-0.15, -0.1) is 0 Å². The lowest BCUT2D eigenvalue weighted by Crippen LogP contribution is -2.61. The third-order valence-corrected chi connectivity index (χ3v) is 8.03. The van der Waals surface area contributed by atoms with Gasteiger partial charge in [0.1, 0.15) is 28.4 Å². The van der Waals surface area contributed by atoms with Gasteiger partial charge in [-0.1, -0.05) is 12.1 Å². The van der Waals surface area contributed by atoms with Gasteiger partial charge in [-0.2, -0.15) is 0 Å². The Balaban J connectivity index is 0.000000340. The maximum atomic E-state index is 13.4. The number of hydrogen-bond acceptors (Lipinski definition) is 11. The Morgan fingerprint density at radius 2 is 1.12 bits per heavy atom. The maximum absolute atomic E-state index is 13.4. The van der Waals surface area contributed by atoms with E-state index >= 15 is 0 Å². The summed E-state index contributed by atoms with van der Waals surface area (Å²) in [6.07, 6.45) is 2.86. The fourth-order valence-electron chi connectivity index (χ4n) is 5.63. The fraction of sp³-hybridized carbons (Fsp3) is 0.625. The van der Waals surface area contributed by atoms with E-state index in [9.17, 15) is 33.9 Å². The van der Waals surface area contributed by atoms with Crippen molar-refractivity contribution in [2.24, 2.45) is 0 Å². The van der Waals surface area contributed by atoms with Crippen molar-refractivity contribution < 1.29 is 52.8 Å². The zero-order valence-electron chi connectivity index (χ0n) is 35.9. The van der Waals surface area contributed by atoms with Crippen LogP contribution in [0.1, 0.15) is 88.6 Å². The van der Waals surface area contributed by atoms with Crippen molar-refractivity contribution >= 4 is 41.9 Å². The standard InChI is InChI=1S/C25H35N5O5.C15H26N2O6/c1-24(2,3)34-22(32)29-12-13-30(23(33)35-25(4,5)6)20(16-29)21(31)27-19-9-7-8-18(14-19)15-28-11-10-26-17-28;1-14(2,3)22-12(20)16-7-8-17(10(9-16)11(18)19)13(21)23-15(4,5)6/h7-11,14,17,20H,12-13,15-16H2,1-6H3,(H,27,31);10H,7-9H2,1-6H3,(H,18,19)/t20-;10-/m00/s1. The van der Waals surface area contributed by atoms with E-state index in [1.165, 1.54) is 14.7 Å². The monoisotopic (exact) mass is 815 g/mol. The maximum Gasteiger partial charge on any atom is 0.411 e. The number of imidazole rings is 1. The normalized spacial score (nSPS) is 17.7. The van der Waals surface area contributed by atoms with E-state index in [0.29, 0.717) is 12.2 Å². The number of rotatable bonds is 5. The summed E-state index contributed by atoms with van der Waals surface area (Å²) in [6, 6.07) is 5.34. The molecule has 0 spiro atoms. The van der Waals surface area contributed by atoms with Crippen LogP contribution in [-0.4, -0.2) is 144 Å². The number of anilines is 1. The number of benzene rings is 1. The summed E-state index contributed by atoms with van der Waals surface area (Å²) in [5.74, 6) is -1.60. The number of hydrogen-bond donors (Lipinski definition) is 2. The van der Waals surface area contributed by atoms with E-state index in [2.05, 4.69) is 10.3 Å². The van der Waals surface area contributed by atoms with E-state index in [0.717, 1.165) is 10.5 Å². The average molecular weight is 816 g/mol. The SMILES string of the molecule is CC(C)(C)OC(=O)N1CCN(C(=O)OC(C)(C)C)[C@H](C(=O)Nc2cccc(Cn3ccnc3)c2)C1.CC(C)(C)OC(=O)N1CCN(C(=O)OC(C)(C)C)[C@H](C(=O)O)C1. The molecule has 1 aromatic heterocycles. The molecule has 0 saturated carbocycles. The van der Waals surface area contributed by atoms with Crippen LogP contribution in [0.2, 0.25) is 0 Å². The zero-order chi connectivity index (χ0) is 43.8. The van der Waals surface area contributed by atoms with Gasteiger partial charge in [-0.3, -0.25) is 14.6 Å². The summed E-state index contributed by atoms with van der Waals surface area (Å²) in [6.45, 7) is 22.1. The summed E-state index contributed by atoms with van der Waals surface area (Å²) >= 11 is 0. The van der Waals surface area contributed by atoms with E-state index in [4.69, 9.17) is 18.9 Å². The number of nitrogens with zero attached hydrogens (tertiary/aromatic N) is 6. The van der Waals surface area contributed by atoms with E-state index in [-0.39, 0.29) is 39.3 Å². The number of piperazine rings is 2. The highest BCUT2D eigenvalue weighted by Crippen LogP contribution is 2.22. The number of carboxylic acid groups (broad SMARTS) is 1. The number of carbonyl (C=O) groups is 6. The van der Waals surface area contributed by atoms with Crippen LogP contribution in [0.3, 0.4) is 0 Å². The second-order valence-corrected chi connectivity index (χ2v) is 18.0. The number of nitrogens with one attached hydrogen (secondary N) is 1. The number of carbonyl (C=O) groups excluding carboxylic acids is 5. The van der Waals surface area contributed by atoms with Crippen molar-refractivity contribution in [2.45, 2.75) is 124 Å². The highest BCUT2D eigenvalue weighted by molar-refractivity contribution is 5.97. The Hall–Kier alpha value is -5.55. The van der Waals surface area contributed by atoms with Gasteiger partial charge in [0.2, 0.25) is 5.91 Å². The van der Waals surface area contributed by atoms with Crippen molar-refractivity contribution in [2.75, 3.05) is 44.6 Å². The summed E-state index contributed by atoms with van der Waals surface area (Å²) in [5.41, 5.74) is -1.22. The first-order valence-electron chi connectivity index (χ1n) is 19.1. The van der Waals surface area contributed by atoms with Crippen molar-refractivity contribution in [1.29, 1.82) is 0 Å². The first-order chi connectivity index (χ1) is 26.6. The van der Waals surface area contributed by atoms with Gasteiger partial charge in [0.15, 0.2) is 6.04 Å². The lowest BCUT2D eigenvalue weighted by molar-refractivity contribution is -0.145. The number of ether oxygens (including phenoxy) is 4. The quantitative estimate of drug-likeness (QED) is 0.352. The van der Waals surface area contributed by atoms with Crippen LogP contribution in [0.5, 0.6) is 0 Å². The molecule has 2 saturated heterocycles. The lowest BCUT2D eigenvalue weighted by Gasteiger charge is -2.41. The number of carboxylic acids is 1. The predicted molar refractivity (Wildman–Crippen MR) is 213 cm³/mol. The highest BCUT2D eigenvalue weighted by Gasteiger charge is 2.41. The van der Waals surface area contributed by atoms with Crippen LogP contribution < -0.4 is 5.32 Å². The van der Waals surface area contributed by atoms with Crippen LogP contribution in [-0.2, 0) is 35.1 Å². The van der Waals surface area contributed by atoms with Crippen LogP contribution in [0.25, 0.3) is 0 Å². The summed E-state index contributed by atoms with van der Waals surface area (Å²) in [7, 11) is 0. The minimum atomic E-state index is -1.19. The molecule has 18 nitrogen and oxygen atoms in total. The molecule has 4 rings (SSSR count). The number of aliphatic carboxylic acids is 1. The predicted octanol–water partition coefficient (Wildman–Crippen LogP) is 5.65. The molecule has 322 valence electrons. The molecule has 18 heteroatoms. The molecule has 2 aromatic rings. The molecule has 2 aliphatic heterocycles. The van der Waals surface area contributed by atoms with Gasteiger partial charge in [-0.05, 0) is 101 Å². The third kappa shape index (κ3) is 15.4. The van der Waals surface area contributed by atoms with Crippen LogP contribution in [0.15, 0.2) is 43.0 Å². The Morgan fingerprint density at radius 1 is 0.672 bits per heavy atom. The summed E-state index contributed by atoms with van der Waals surface area (Å²) < 4.78 is 23.4. The molecular weight excluding hydrogens is 754 g/mol. The zero-order valence-corrected chi connectivity index (χ0v) is 35.9. The first-order valence-corrected chi connectivity index (χ1v) is 19.1. The molecule has 0 aliphatic carbocycles. The van der Waals surface area contributed by atoms with E-state index in [1.54, 1.807) is 102 Å². The fourth-order valence-corrected chi connectivity index (χ4v) is 5.63. The molecule has 3 heterocycles. The van der Waals surface area contributed by atoms with Crippen molar-refractivity contribution in [3.63, 3.8) is 0 Å². The van der Waals surface area contributed by atoms with Gasteiger partial charge < -0.3 is 43.7 Å². The van der Waals surface area contributed by atoms with Gasteiger partial charge >= 0.3 is 30.3 Å². The van der Waals surface area contributed by atoms with Gasteiger partial charge in [0.05, 0.1) is 19.4 Å². The molecule has 2 N–H and O–H groups in total. The molecule has 5 amide bonds. The molecule has 1 aromatic carbocycles. The highest BCUT2D eigenvalue weighted by atomic mass is 16.6. The lowest BCUT2D eigenvalue weighted by atomic mass is 10.1. The third-order valence-electron chi connectivity index (χ3n) is 8.03. The molecule has 2 fully saturated rings. The number of aromatic nitrogens is 2. The average Bonchev–Trinajstić information content (AvgIpc) is 3.58.